The van der Waals surface area contributed by atoms with E-state index in [1.807, 2.05) is 12.1 Å². The molecule has 1 atom stereocenters. The first-order valence-corrected chi connectivity index (χ1v) is 9.74. The van der Waals surface area contributed by atoms with Crippen molar-refractivity contribution in [1.29, 1.82) is 0 Å². The molecule has 0 aliphatic heterocycles. The molecule has 25 heavy (non-hydrogen) atoms. The van der Waals surface area contributed by atoms with Crippen LogP contribution in [0.1, 0.15) is 32.3 Å². The van der Waals surface area contributed by atoms with Gasteiger partial charge in [-0.3, -0.25) is 4.79 Å². The van der Waals surface area contributed by atoms with Crippen molar-refractivity contribution in [3.63, 3.8) is 0 Å². The second kappa shape index (κ2) is 7.99. The van der Waals surface area contributed by atoms with Gasteiger partial charge in [0.25, 0.3) is 0 Å². The Labute approximate surface area is 153 Å². The zero-order valence-electron chi connectivity index (χ0n) is 14.3. The number of rotatable bonds is 6. The Kier molecular flexibility index (Phi) is 6.21. The monoisotopic (exact) mass is 380 g/mol. The molecule has 1 unspecified atom stereocenters. The number of hydrogen-bond donors (Lipinski definition) is 2. The Hall–Kier alpha value is -1.89. The molecule has 0 radical (unpaired) electrons. The van der Waals surface area contributed by atoms with Crippen LogP contribution in [-0.4, -0.2) is 20.4 Å². The highest BCUT2D eigenvalue weighted by molar-refractivity contribution is 7.89. The summed E-state index contributed by atoms with van der Waals surface area (Å²) in [5.41, 5.74) is 1.78. The van der Waals surface area contributed by atoms with E-state index in [4.69, 9.17) is 11.6 Å². The third-order valence-electron chi connectivity index (χ3n) is 3.69. The van der Waals surface area contributed by atoms with Gasteiger partial charge in [0.05, 0.1) is 10.9 Å². The summed E-state index contributed by atoms with van der Waals surface area (Å²) in [6, 6.07) is 12.3. The number of amides is 1. The Balaban J connectivity index is 2.03. The lowest BCUT2D eigenvalue weighted by Crippen LogP contribution is -2.41. The number of anilines is 1. The van der Waals surface area contributed by atoms with Crippen molar-refractivity contribution < 1.29 is 13.2 Å². The molecule has 0 spiro atoms. The summed E-state index contributed by atoms with van der Waals surface area (Å²) in [5, 5.41) is 3.14. The summed E-state index contributed by atoms with van der Waals surface area (Å²) in [7, 11) is -3.80. The second-order valence-electron chi connectivity index (χ2n) is 6.06. The molecule has 1 amide bonds. The molecule has 7 heteroatoms. The molecule has 5 nitrogen and oxygen atoms in total. The number of benzene rings is 2. The first-order chi connectivity index (χ1) is 11.7. The maximum absolute atomic E-state index is 12.3. The summed E-state index contributed by atoms with van der Waals surface area (Å²) in [6.07, 6.45) is 0. The highest BCUT2D eigenvalue weighted by Gasteiger charge is 2.22. The summed E-state index contributed by atoms with van der Waals surface area (Å²) in [4.78, 5) is 12.3. The standard InChI is InChI=1S/C18H21ClN2O3S/c1-12(2)14-4-8-16(9-5-14)20-18(22)13(3)21-25(23,24)17-10-6-15(19)7-11-17/h4-13,21H,1-3H3,(H,20,22). The van der Waals surface area contributed by atoms with E-state index in [2.05, 4.69) is 23.9 Å². The fraction of sp³-hybridized carbons (Fsp3) is 0.278. The molecule has 2 aromatic carbocycles. The van der Waals surface area contributed by atoms with E-state index in [-0.39, 0.29) is 4.90 Å². The van der Waals surface area contributed by atoms with E-state index in [0.717, 1.165) is 5.56 Å². The van der Waals surface area contributed by atoms with E-state index in [9.17, 15) is 13.2 Å². The lowest BCUT2D eigenvalue weighted by atomic mass is 10.0. The van der Waals surface area contributed by atoms with Crippen molar-refractivity contribution in [2.24, 2.45) is 0 Å². The smallest absolute Gasteiger partial charge is 0.242 e. The zero-order chi connectivity index (χ0) is 18.6. The molecule has 134 valence electrons. The zero-order valence-corrected chi connectivity index (χ0v) is 15.9. The molecule has 0 heterocycles. The van der Waals surface area contributed by atoms with Crippen molar-refractivity contribution in [2.45, 2.75) is 37.6 Å². The lowest BCUT2D eigenvalue weighted by molar-refractivity contribution is -0.117. The number of sulfonamides is 1. The fourth-order valence-electron chi connectivity index (χ4n) is 2.17. The van der Waals surface area contributed by atoms with E-state index in [1.165, 1.54) is 31.2 Å². The molecule has 0 aliphatic carbocycles. The van der Waals surface area contributed by atoms with Crippen LogP contribution >= 0.6 is 11.6 Å². The Morgan fingerprint density at radius 1 is 0.960 bits per heavy atom. The highest BCUT2D eigenvalue weighted by atomic mass is 35.5. The molecule has 0 saturated carbocycles. The quantitative estimate of drug-likeness (QED) is 0.800. The first-order valence-electron chi connectivity index (χ1n) is 7.88. The fourth-order valence-corrected chi connectivity index (χ4v) is 3.50. The van der Waals surface area contributed by atoms with Gasteiger partial charge in [-0.05, 0) is 54.8 Å². The van der Waals surface area contributed by atoms with Crippen LogP contribution in [-0.2, 0) is 14.8 Å². The highest BCUT2D eigenvalue weighted by Crippen LogP contribution is 2.18. The van der Waals surface area contributed by atoms with Crippen LogP contribution in [0.3, 0.4) is 0 Å². The van der Waals surface area contributed by atoms with Gasteiger partial charge >= 0.3 is 0 Å². The van der Waals surface area contributed by atoms with E-state index >= 15 is 0 Å². The number of carbonyl (C=O) groups is 1. The Morgan fingerprint density at radius 3 is 2.04 bits per heavy atom. The van der Waals surface area contributed by atoms with Crippen molar-refractivity contribution in [1.82, 2.24) is 4.72 Å². The molecule has 2 aromatic rings. The van der Waals surface area contributed by atoms with Crippen molar-refractivity contribution in [2.75, 3.05) is 5.32 Å². The van der Waals surface area contributed by atoms with Crippen molar-refractivity contribution in [3.05, 3.63) is 59.1 Å². The molecule has 2 N–H and O–H groups in total. The third-order valence-corrected chi connectivity index (χ3v) is 5.50. The Morgan fingerprint density at radius 2 is 1.52 bits per heavy atom. The molecule has 0 bridgehead atoms. The number of halogens is 1. The van der Waals surface area contributed by atoms with E-state index in [1.54, 1.807) is 12.1 Å². The Bertz CT molecular complexity index is 832. The molecule has 0 aromatic heterocycles. The minimum Gasteiger partial charge on any atom is -0.325 e. The molecular formula is C18H21ClN2O3S. The lowest BCUT2D eigenvalue weighted by Gasteiger charge is -2.15. The average molecular weight is 381 g/mol. The topological polar surface area (TPSA) is 75.3 Å². The molecule has 0 aliphatic rings. The predicted octanol–water partition coefficient (Wildman–Crippen LogP) is 3.77. The van der Waals surface area contributed by atoms with Gasteiger partial charge in [-0.15, -0.1) is 0 Å². The van der Waals surface area contributed by atoms with Crippen LogP contribution in [0.15, 0.2) is 53.4 Å². The van der Waals surface area contributed by atoms with E-state index < -0.39 is 22.0 Å². The normalized spacial score (nSPS) is 12.8. The largest absolute Gasteiger partial charge is 0.325 e. The minimum atomic E-state index is -3.80. The van der Waals surface area contributed by atoms with Crippen LogP contribution in [0.4, 0.5) is 5.69 Å². The van der Waals surface area contributed by atoms with Crippen LogP contribution in [0.5, 0.6) is 0 Å². The van der Waals surface area contributed by atoms with Crippen LogP contribution < -0.4 is 10.0 Å². The van der Waals surface area contributed by atoms with Gasteiger partial charge in [-0.1, -0.05) is 37.6 Å². The molecular weight excluding hydrogens is 360 g/mol. The van der Waals surface area contributed by atoms with E-state index in [0.29, 0.717) is 16.6 Å². The third kappa shape index (κ3) is 5.29. The van der Waals surface area contributed by atoms with Gasteiger partial charge in [0.1, 0.15) is 0 Å². The van der Waals surface area contributed by atoms with Gasteiger partial charge in [0, 0.05) is 10.7 Å². The van der Waals surface area contributed by atoms with Gasteiger partial charge in [0.15, 0.2) is 0 Å². The van der Waals surface area contributed by atoms with Crippen LogP contribution in [0.2, 0.25) is 5.02 Å². The first kappa shape index (κ1) is 19.4. The summed E-state index contributed by atoms with van der Waals surface area (Å²) < 4.78 is 27.0. The van der Waals surface area contributed by atoms with Gasteiger partial charge in [-0.25, -0.2) is 8.42 Å². The van der Waals surface area contributed by atoms with Gasteiger partial charge in [0.2, 0.25) is 15.9 Å². The second-order valence-corrected chi connectivity index (χ2v) is 8.21. The predicted molar refractivity (Wildman–Crippen MR) is 100 cm³/mol. The number of hydrogen-bond acceptors (Lipinski definition) is 3. The van der Waals surface area contributed by atoms with Gasteiger partial charge in [-0.2, -0.15) is 4.72 Å². The molecule has 0 saturated heterocycles. The van der Waals surface area contributed by atoms with Gasteiger partial charge < -0.3 is 5.32 Å². The summed E-state index contributed by atoms with van der Waals surface area (Å²) in [5.74, 6) is -0.0373. The van der Waals surface area contributed by atoms with Crippen LogP contribution in [0.25, 0.3) is 0 Å². The van der Waals surface area contributed by atoms with Crippen molar-refractivity contribution in [3.8, 4) is 0 Å². The minimum absolute atomic E-state index is 0.0536. The maximum Gasteiger partial charge on any atom is 0.242 e. The number of carbonyl (C=O) groups excluding carboxylic acids is 1. The number of nitrogens with one attached hydrogen (secondary N) is 2. The van der Waals surface area contributed by atoms with Crippen molar-refractivity contribution >= 4 is 33.2 Å². The average Bonchev–Trinajstić information content (AvgIpc) is 2.55. The van der Waals surface area contributed by atoms with Crippen LogP contribution in [0, 0.1) is 0 Å². The molecule has 0 fully saturated rings. The maximum atomic E-state index is 12.3. The summed E-state index contributed by atoms with van der Waals surface area (Å²) >= 11 is 5.76. The SMILES string of the molecule is CC(NS(=O)(=O)c1ccc(Cl)cc1)C(=O)Nc1ccc(C(C)C)cc1. The summed E-state index contributed by atoms with van der Waals surface area (Å²) in [6.45, 7) is 5.66. The molecule has 2 rings (SSSR count).